The van der Waals surface area contributed by atoms with Gasteiger partial charge in [-0.05, 0) is 12.1 Å². The van der Waals surface area contributed by atoms with Gasteiger partial charge in [-0.15, -0.1) is 0 Å². The Bertz CT molecular complexity index is 461. The fraction of sp³-hybridized carbons (Fsp3) is 0.462. The first-order valence-electron chi connectivity index (χ1n) is 5.95. The van der Waals surface area contributed by atoms with E-state index in [1.54, 1.807) is 18.2 Å². The van der Waals surface area contributed by atoms with Crippen LogP contribution in [-0.2, 0) is 16.1 Å². The summed E-state index contributed by atoms with van der Waals surface area (Å²) in [6.07, 6.45) is -0.167. The van der Waals surface area contributed by atoms with Gasteiger partial charge < -0.3 is 9.84 Å². The van der Waals surface area contributed by atoms with E-state index < -0.39 is 12.1 Å². The van der Waals surface area contributed by atoms with Gasteiger partial charge in [0.25, 0.3) is 0 Å². The van der Waals surface area contributed by atoms with Crippen LogP contribution >= 0.6 is 23.2 Å². The Hall–Kier alpha value is -0.810. The molecule has 1 N–H and O–H groups in total. The summed E-state index contributed by atoms with van der Waals surface area (Å²) >= 11 is 12.2. The molecule has 19 heavy (non-hydrogen) atoms. The summed E-state index contributed by atoms with van der Waals surface area (Å²) in [6.45, 7) is 0.816. The second-order valence-corrected chi connectivity index (χ2v) is 5.37. The van der Waals surface area contributed by atoms with Crippen LogP contribution in [0.5, 0.6) is 0 Å². The molecular weight excluding hydrogens is 289 g/mol. The number of hydrogen-bond acceptors (Lipinski definition) is 4. The van der Waals surface area contributed by atoms with Crippen LogP contribution < -0.4 is 0 Å². The van der Waals surface area contributed by atoms with Gasteiger partial charge in [-0.1, -0.05) is 29.3 Å². The fourth-order valence-electron chi connectivity index (χ4n) is 2.32. The van der Waals surface area contributed by atoms with Crippen LogP contribution in [0.25, 0.3) is 0 Å². The molecule has 6 heteroatoms. The Kier molecular flexibility index (Phi) is 4.68. The number of aliphatic hydroxyl groups is 1. The molecular formula is C13H15Cl2NO3. The first kappa shape index (κ1) is 14.6. The fourth-order valence-corrected chi connectivity index (χ4v) is 2.84. The topological polar surface area (TPSA) is 49.8 Å². The molecule has 0 amide bonds. The molecule has 0 spiro atoms. The van der Waals surface area contributed by atoms with Crippen LogP contribution in [0, 0.1) is 0 Å². The van der Waals surface area contributed by atoms with Crippen molar-refractivity contribution in [1.29, 1.82) is 0 Å². The van der Waals surface area contributed by atoms with Crippen molar-refractivity contribution in [2.75, 3.05) is 13.7 Å². The van der Waals surface area contributed by atoms with E-state index in [0.717, 1.165) is 5.56 Å². The van der Waals surface area contributed by atoms with Gasteiger partial charge in [0.05, 0.1) is 13.2 Å². The number of carbonyl (C=O) groups is 1. The van der Waals surface area contributed by atoms with Crippen molar-refractivity contribution in [1.82, 2.24) is 4.90 Å². The number of hydrogen-bond donors (Lipinski definition) is 1. The maximum Gasteiger partial charge on any atom is 0.323 e. The molecule has 1 aromatic rings. The Morgan fingerprint density at radius 2 is 2.11 bits per heavy atom. The minimum Gasteiger partial charge on any atom is -0.468 e. The van der Waals surface area contributed by atoms with E-state index in [4.69, 9.17) is 27.9 Å². The SMILES string of the molecule is COC(=O)C1CC(O)CN1Cc1c(Cl)cccc1Cl. The van der Waals surface area contributed by atoms with E-state index in [1.165, 1.54) is 7.11 Å². The quantitative estimate of drug-likeness (QED) is 0.869. The van der Waals surface area contributed by atoms with Crippen molar-refractivity contribution in [3.63, 3.8) is 0 Å². The molecule has 1 fully saturated rings. The van der Waals surface area contributed by atoms with E-state index in [-0.39, 0.29) is 5.97 Å². The molecule has 1 aliphatic rings. The average Bonchev–Trinajstić information content (AvgIpc) is 2.74. The zero-order valence-electron chi connectivity index (χ0n) is 10.5. The van der Waals surface area contributed by atoms with E-state index in [9.17, 15) is 9.90 Å². The second kappa shape index (κ2) is 6.09. The first-order chi connectivity index (χ1) is 9.02. The number of carbonyl (C=O) groups excluding carboxylic acids is 1. The number of esters is 1. The molecule has 0 saturated carbocycles. The summed E-state index contributed by atoms with van der Waals surface area (Å²) in [4.78, 5) is 13.5. The van der Waals surface area contributed by atoms with E-state index >= 15 is 0 Å². The number of ether oxygens (including phenoxy) is 1. The third kappa shape index (κ3) is 3.20. The van der Waals surface area contributed by atoms with E-state index in [0.29, 0.717) is 29.6 Å². The molecule has 4 nitrogen and oxygen atoms in total. The highest BCUT2D eigenvalue weighted by Crippen LogP contribution is 2.29. The molecule has 1 saturated heterocycles. The largest absolute Gasteiger partial charge is 0.468 e. The van der Waals surface area contributed by atoms with Crippen LogP contribution in [0.15, 0.2) is 18.2 Å². The molecule has 0 aromatic heterocycles. The Balaban J connectivity index is 2.19. The molecule has 2 rings (SSSR count). The number of β-amino-alcohol motifs (C(OH)–C–C–N with tert-alkyl or cyclic N) is 1. The normalized spacial score (nSPS) is 23.6. The van der Waals surface area contributed by atoms with Crippen LogP contribution in [0.1, 0.15) is 12.0 Å². The van der Waals surface area contributed by atoms with Gasteiger partial charge in [-0.3, -0.25) is 9.69 Å². The van der Waals surface area contributed by atoms with Crippen LogP contribution in [0.4, 0.5) is 0 Å². The lowest BCUT2D eigenvalue weighted by atomic mass is 10.1. The lowest BCUT2D eigenvalue weighted by Crippen LogP contribution is -2.36. The number of aliphatic hydroxyl groups excluding tert-OH is 1. The standard InChI is InChI=1S/C13H15Cl2NO3/c1-19-13(18)12-5-8(17)6-16(12)7-9-10(14)3-2-4-11(9)15/h2-4,8,12,17H,5-7H2,1H3. The predicted octanol–water partition coefficient (Wildman–Crippen LogP) is 2.10. The first-order valence-corrected chi connectivity index (χ1v) is 6.71. The van der Waals surface area contributed by atoms with Crippen molar-refractivity contribution in [2.45, 2.75) is 25.1 Å². The van der Waals surface area contributed by atoms with Gasteiger partial charge in [-0.25, -0.2) is 0 Å². The van der Waals surface area contributed by atoms with Crippen LogP contribution in [0.2, 0.25) is 10.0 Å². The zero-order chi connectivity index (χ0) is 14.0. The molecule has 0 radical (unpaired) electrons. The van der Waals surface area contributed by atoms with Gasteiger partial charge >= 0.3 is 5.97 Å². The monoisotopic (exact) mass is 303 g/mol. The number of likely N-dealkylation sites (tertiary alicyclic amines) is 1. The van der Waals surface area contributed by atoms with Crippen molar-refractivity contribution in [3.8, 4) is 0 Å². The zero-order valence-corrected chi connectivity index (χ0v) is 12.0. The van der Waals surface area contributed by atoms with Crippen LogP contribution in [-0.4, -0.2) is 41.8 Å². The van der Waals surface area contributed by atoms with Crippen molar-refractivity contribution >= 4 is 29.2 Å². The minimum atomic E-state index is -0.537. The summed E-state index contributed by atoms with van der Waals surface area (Å²) in [5.41, 5.74) is 0.758. The molecule has 2 unspecified atom stereocenters. The molecule has 1 aromatic carbocycles. The number of nitrogens with zero attached hydrogens (tertiary/aromatic N) is 1. The molecule has 0 aliphatic carbocycles. The third-order valence-electron chi connectivity index (χ3n) is 3.28. The van der Waals surface area contributed by atoms with Gasteiger partial charge in [0.1, 0.15) is 6.04 Å². The maximum absolute atomic E-state index is 11.7. The predicted molar refractivity (Wildman–Crippen MR) is 73.3 cm³/mol. The summed E-state index contributed by atoms with van der Waals surface area (Å²) in [5.74, 6) is -0.347. The van der Waals surface area contributed by atoms with Gasteiger partial charge in [0, 0.05) is 35.1 Å². The lowest BCUT2D eigenvalue weighted by molar-refractivity contribution is -0.146. The van der Waals surface area contributed by atoms with E-state index in [2.05, 4.69) is 0 Å². The lowest BCUT2D eigenvalue weighted by Gasteiger charge is -2.23. The molecule has 0 bridgehead atoms. The van der Waals surface area contributed by atoms with Crippen molar-refractivity contribution < 1.29 is 14.6 Å². The highest BCUT2D eigenvalue weighted by atomic mass is 35.5. The van der Waals surface area contributed by atoms with Gasteiger partial charge in [0.2, 0.25) is 0 Å². The average molecular weight is 304 g/mol. The van der Waals surface area contributed by atoms with Gasteiger partial charge in [0.15, 0.2) is 0 Å². The summed E-state index contributed by atoms with van der Waals surface area (Å²) < 4.78 is 4.75. The molecule has 1 heterocycles. The van der Waals surface area contributed by atoms with E-state index in [1.807, 2.05) is 4.90 Å². The van der Waals surface area contributed by atoms with Gasteiger partial charge in [-0.2, -0.15) is 0 Å². The second-order valence-electron chi connectivity index (χ2n) is 4.56. The molecule has 104 valence electrons. The summed E-state index contributed by atoms with van der Waals surface area (Å²) in [5, 5.41) is 10.8. The Labute approximate surface area is 121 Å². The summed E-state index contributed by atoms with van der Waals surface area (Å²) in [7, 11) is 1.34. The molecule has 2 atom stereocenters. The van der Waals surface area contributed by atoms with Crippen molar-refractivity contribution in [3.05, 3.63) is 33.8 Å². The number of methoxy groups -OCH3 is 1. The maximum atomic E-state index is 11.7. The smallest absolute Gasteiger partial charge is 0.323 e. The van der Waals surface area contributed by atoms with Crippen molar-refractivity contribution in [2.24, 2.45) is 0 Å². The number of halogens is 2. The minimum absolute atomic E-state index is 0.347. The Morgan fingerprint density at radius 3 is 2.68 bits per heavy atom. The van der Waals surface area contributed by atoms with Crippen LogP contribution in [0.3, 0.4) is 0 Å². The molecule has 1 aliphatic heterocycles. The third-order valence-corrected chi connectivity index (χ3v) is 3.99. The number of rotatable bonds is 3. The highest BCUT2D eigenvalue weighted by Gasteiger charge is 2.37. The number of benzene rings is 1. The highest BCUT2D eigenvalue weighted by molar-refractivity contribution is 6.35. The Morgan fingerprint density at radius 1 is 1.47 bits per heavy atom. The summed E-state index contributed by atoms with van der Waals surface area (Å²) in [6, 6.07) is 4.82.